The van der Waals surface area contributed by atoms with Gasteiger partial charge in [-0.3, -0.25) is 37.3 Å². The van der Waals surface area contributed by atoms with Crippen LogP contribution in [-0.2, 0) is 65.4 Å². The lowest BCUT2D eigenvalue weighted by atomic mass is 10.0. The Morgan fingerprint density at radius 2 is 0.562 bits per heavy atom. The van der Waals surface area contributed by atoms with Crippen molar-refractivity contribution in [3.8, 4) is 0 Å². The quantitative estimate of drug-likeness (QED) is 0.0169. The molecule has 0 heterocycles. The molecular formula is C77H146O17P2. The average Bonchev–Trinajstić information content (AvgIpc) is 1.92. The van der Waals surface area contributed by atoms with Gasteiger partial charge in [0.1, 0.15) is 19.3 Å². The minimum Gasteiger partial charge on any atom is -0.462 e. The zero-order chi connectivity index (χ0) is 70.9. The zero-order valence-electron chi connectivity index (χ0n) is 62.3. The molecule has 0 fully saturated rings. The van der Waals surface area contributed by atoms with E-state index in [0.29, 0.717) is 31.6 Å². The molecule has 5 atom stereocenters. The first-order chi connectivity index (χ1) is 46.2. The molecule has 0 aromatic carbocycles. The molecule has 0 saturated heterocycles. The summed E-state index contributed by atoms with van der Waals surface area (Å²) in [6.07, 6.45) is 56.4. The molecule has 0 radical (unpaired) electrons. The maximum atomic E-state index is 13.1. The van der Waals surface area contributed by atoms with Crippen LogP contribution in [0.25, 0.3) is 0 Å². The minimum atomic E-state index is -4.97. The summed E-state index contributed by atoms with van der Waals surface area (Å²) in [5.74, 6) is 0.103. The van der Waals surface area contributed by atoms with Gasteiger partial charge in [-0.2, -0.15) is 0 Å². The number of allylic oxidation sites excluding steroid dienone is 4. The van der Waals surface area contributed by atoms with E-state index in [1.807, 2.05) is 0 Å². The van der Waals surface area contributed by atoms with Gasteiger partial charge in [-0.05, 0) is 69.1 Å². The SMILES string of the molecule is CCCCCC/C=C\C=C/CCCCCCCC(=O)O[C@H](COC(=O)CCCCCCCCCCCCCCCC(C)C)COP(=O)(O)OC[C@@H](O)COP(=O)(O)OC[C@@H](COC(=O)CCCCCCCCC(C)C)OC(=O)CCCCCCCCCCCCCCCC(C)C. The van der Waals surface area contributed by atoms with Crippen LogP contribution in [0.5, 0.6) is 0 Å². The first-order valence-corrected chi connectivity index (χ1v) is 42.2. The Kier molecular flexibility index (Phi) is 65.3. The molecule has 0 saturated carbocycles. The molecule has 0 aliphatic heterocycles. The number of hydrogen-bond acceptors (Lipinski definition) is 15. The first kappa shape index (κ1) is 93.5. The lowest BCUT2D eigenvalue weighted by Crippen LogP contribution is -2.30. The molecule has 0 spiro atoms. The third-order valence-electron chi connectivity index (χ3n) is 17.3. The molecule has 0 aromatic rings. The van der Waals surface area contributed by atoms with Gasteiger partial charge in [0.2, 0.25) is 0 Å². The van der Waals surface area contributed by atoms with E-state index >= 15 is 0 Å². The molecule has 3 N–H and O–H groups in total. The highest BCUT2D eigenvalue weighted by Crippen LogP contribution is 2.45. The Labute approximate surface area is 586 Å². The van der Waals surface area contributed by atoms with Gasteiger partial charge in [0.25, 0.3) is 0 Å². The molecule has 2 unspecified atom stereocenters. The average molecular weight is 1410 g/mol. The van der Waals surface area contributed by atoms with E-state index in [2.05, 4.69) is 72.8 Å². The van der Waals surface area contributed by atoms with Crippen LogP contribution in [0, 0.1) is 17.8 Å². The Hall–Kier alpha value is -2.46. The van der Waals surface area contributed by atoms with Crippen LogP contribution in [0.3, 0.4) is 0 Å². The zero-order valence-corrected chi connectivity index (χ0v) is 64.1. The Morgan fingerprint density at radius 1 is 0.323 bits per heavy atom. The van der Waals surface area contributed by atoms with E-state index in [9.17, 15) is 43.2 Å². The van der Waals surface area contributed by atoms with Crippen LogP contribution < -0.4 is 0 Å². The Balaban J connectivity index is 5.27. The number of ether oxygens (including phenoxy) is 4. The van der Waals surface area contributed by atoms with Gasteiger partial charge in [0, 0.05) is 25.7 Å². The standard InChI is InChI=1S/C77H146O17P2/c1-8-9-10-11-12-13-14-15-16-21-27-32-37-46-53-60-76(81)93-72(64-87-74(79)58-51-44-36-31-26-22-17-19-24-29-34-41-48-55-68(2)3)66-91-95(83,84)89-62-71(78)63-90-96(85,86)92-67-73(65-88-75(80)59-52-45-40-39-43-50-57-70(6)7)94-77(82)61-54-47-38-33-28-23-18-20-25-30-35-42-49-56-69(4)5/h13-16,68-73,78H,8-12,17-67H2,1-7H3,(H,83,84)(H,85,86)/b14-13-,16-15-/t71-,72-,73-/m1/s1. The molecule has 19 heteroatoms. The summed E-state index contributed by atoms with van der Waals surface area (Å²) >= 11 is 0. The van der Waals surface area contributed by atoms with Crippen LogP contribution >= 0.6 is 15.6 Å². The highest BCUT2D eigenvalue weighted by Gasteiger charge is 2.30. The molecule has 17 nitrogen and oxygen atoms in total. The van der Waals surface area contributed by atoms with Crippen molar-refractivity contribution in [2.75, 3.05) is 39.6 Å². The van der Waals surface area contributed by atoms with Crippen LogP contribution in [0.1, 0.15) is 370 Å². The molecule has 0 aliphatic carbocycles. The second kappa shape index (κ2) is 67.1. The van der Waals surface area contributed by atoms with Crippen LogP contribution in [0.2, 0.25) is 0 Å². The van der Waals surface area contributed by atoms with Gasteiger partial charge in [0.05, 0.1) is 26.4 Å². The van der Waals surface area contributed by atoms with Crippen molar-refractivity contribution in [1.29, 1.82) is 0 Å². The Morgan fingerprint density at radius 3 is 0.844 bits per heavy atom. The highest BCUT2D eigenvalue weighted by atomic mass is 31.2. The van der Waals surface area contributed by atoms with Crippen molar-refractivity contribution < 1.29 is 80.2 Å². The summed E-state index contributed by atoms with van der Waals surface area (Å²) in [4.78, 5) is 72.8. The maximum absolute atomic E-state index is 13.1. The van der Waals surface area contributed by atoms with Gasteiger partial charge in [-0.25, -0.2) is 9.13 Å². The van der Waals surface area contributed by atoms with Crippen LogP contribution in [0.15, 0.2) is 24.3 Å². The first-order valence-electron chi connectivity index (χ1n) is 39.2. The van der Waals surface area contributed by atoms with Crippen LogP contribution in [0.4, 0.5) is 0 Å². The summed E-state index contributed by atoms with van der Waals surface area (Å²) in [5, 5.41) is 10.6. The molecule has 0 aliphatic rings. The second-order valence-corrected chi connectivity index (χ2v) is 31.4. The van der Waals surface area contributed by atoms with Crippen LogP contribution in [-0.4, -0.2) is 96.7 Å². The number of carbonyl (C=O) groups excluding carboxylic acids is 4. The highest BCUT2D eigenvalue weighted by molar-refractivity contribution is 7.47. The lowest BCUT2D eigenvalue weighted by molar-refractivity contribution is -0.161. The summed E-state index contributed by atoms with van der Waals surface area (Å²) in [6, 6.07) is 0. The third kappa shape index (κ3) is 70.0. The number of carbonyl (C=O) groups is 4. The predicted octanol–water partition coefficient (Wildman–Crippen LogP) is 22.1. The van der Waals surface area contributed by atoms with E-state index < -0.39 is 97.5 Å². The largest absolute Gasteiger partial charge is 0.472 e. The van der Waals surface area contributed by atoms with E-state index in [-0.39, 0.29) is 25.7 Å². The molecule has 566 valence electrons. The molecule has 0 rings (SSSR count). The number of phosphoric ester groups is 2. The molecular weight excluding hydrogens is 1260 g/mol. The normalized spacial score (nSPS) is 14.2. The van der Waals surface area contributed by atoms with Gasteiger partial charge in [0.15, 0.2) is 12.2 Å². The number of phosphoric acid groups is 2. The smallest absolute Gasteiger partial charge is 0.462 e. The third-order valence-corrected chi connectivity index (χ3v) is 19.2. The monoisotopic (exact) mass is 1410 g/mol. The lowest BCUT2D eigenvalue weighted by Gasteiger charge is -2.21. The summed E-state index contributed by atoms with van der Waals surface area (Å²) in [5.41, 5.74) is 0. The molecule has 0 aromatic heterocycles. The summed E-state index contributed by atoms with van der Waals surface area (Å²) in [7, 11) is -9.93. The fourth-order valence-corrected chi connectivity index (χ4v) is 12.8. The van der Waals surface area contributed by atoms with Crippen molar-refractivity contribution in [2.24, 2.45) is 17.8 Å². The summed E-state index contributed by atoms with van der Waals surface area (Å²) in [6.45, 7) is 11.8. The maximum Gasteiger partial charge on any atom is 0.472 e. The number of aliphatic hydroxyl groups excluding tert-OH is 1. The number of esters is 4. The number of unbranched alkanes of at least 4 members (excludes halogenated alkanes) is 38. The Bertz CT molecular complexity index is 1960. The van der Waals surface area contributed by atoms with Crippen molar-refractivity contribution in [3.63, 3.8) is 0 Å². The van der Waals surface area contributed by atoms with E-state index in [1.54, 1.807) is 0 Å². The van der Waals surface area contributed by atoms with Crippen molar-refractivity contribution >= 4 is 39.5 Å². The fraction of sp³-hybridized carbons (Fsp3) is 0.896. The van der Waals surface area contributed by atoms with Gasteiger partial charge in [-0.15, -0.1) is 0 Å². The minimum absolute atomic E-state index is 0.0848. The number of rotatable bonds is 73. The molecule has 0 amide bonds. The van der Waals surface area contributed by atoms with Crippen molar-refractivity contribution in [2.45, 2.75) is 388 Å². The van der Waals surface area contributed by atoms with E-state index in [0.717, 1.165) is 121 Å². The summed E-state index contributed by atoms with van der Waals surface area (Å²) < 4.78 is 68.5. The molecule has 0 bridgehead atoms. The topological polar surface area (TPSA) is 237 Å². The number of aliphatic hydroxyl groups is 1. The van der Waals surface area contributed by atoms with Crippen molar-refractivity contribution in [3.05, 3.63) is 24.3 Å². The number of hydrogen-bond donors (Lipinski definition) is 3. The van der Waals surface area contributed by atoms with Gasteiger partial charge < -0.3 is 33.8 Å². The van der Waals surface area contributed by atoms with E-state index in [4.69, 9.17) is 37.0 Å². The van der Waals surface area contributed by atoms with E-state index in [1.165, 1.54) is 161 Å². The fourth-order valence-electron chi connectivity index (χ4n) is 11.2. The van der Waals surface area contributed by atoms with Crippen molar-refractivity contribution in [1.82, 2.24) is 0 Å². The van der Waals surface area contributed by atoms with Gasteiger partial charge in [-0.1, -0.05) is 317 Å². The molecule has 96 heavy (non-hydrogen) atoms. The predicted molar refractivity (Wildman–Crippen MR) is 390 cm³/mol. The second-order valence-electron chi connectivity index (χ2n) is 28.5. The van der Waals surface area contributed by atoms with Gasteiger partial charge >= 0.3 is 39.5 Å².